The van der Waals surface area contributed by atoms with Gasteiger partial charge in [0.05, 0.1) is 10.6 Å². The maximum Gasteiger partial charge on any atom is 0.261 e. The molecule has 0 unspecified atom stereocenters. The average molecular weight is 470 g/mol. The van der Waals surface area contributed by atoms with Gasteiger partial charge in [-0.15, -0.1) is 0 Å². The van der Waals surface area contributed by atoms with Gasteiger partial charge in [0, 0.05) is 22.5 Å². The van der Waals surface area contributed by atoms with Crippen molar-refractivity contribution in [2.75, 3.05) is 4.72 Å². The van der Waals surface area contributed by atoms with Gasteiger partial charge in [-0.25, -0.2) is 23.1 Å². The Labute approximate surface area is 190 Å². The molecule has 0 saturated carbocycles. The van der Waals surface area contributed by atoms with Gasteiger partial charge in [0.2, 0.25) is 5.88 Å². The summed E-state index contributed by atoms with van der Waals surface area (Å²) < 4.78 is 35.1. The molecule has 0 aliphatic carbocycles. The molecule has 32 heavy (non-hydrogen) atoms. The smallest absolute Gasteiger partial charge is 0.261 e. The highest BCUT2D eigenvalue weighted by Gasteiger charge is 2.14. The van der Waals surface area contributed by atoms with Crippen LogP contribution in [0, 0.1) is 20.8 Å². The first-order valence-electron chi connectivity index (χ1n) is 9.64. The Bertz CT molecular complexity index is 1370. The number of ether oxygens (including phenoxy) is 1. The van der Waals surface area contributed by atoms with Crippen LogP contribution >= 0.6 is 11.6 Å². The second kappa shape index (κ2) is 8.60. The lowest BCUT2D eigenvalue weighted by Crippen LogP contribution is -2.12. The van der Waals surface area contributed by atoms with E-state index < -0.39 is 10.0 Å². The predicted octanol–water partition coefficient (Wildman–Crippen LogP) is 4.83. The molecule has 4 aromatic rings. The molecule has 4 rings (SSSR count). The summed E-state index contributed by atoms with van der Waals surface area (Å²) in [6.45, 7) is 5.93. The maximum absolute atomic E-state index is 12.5. The summed E-state index contributed by atoms with van der Waals surface area (Å²) in [7, 11) is -3.72. The van der Waals surface area contributed by atoms with Crippen molar-refractivity contribution in [2.45, 2.75) is 25.7 Å². The van der Waals surface area contributed by atoms with E-state index >= 15 is 0 Å². The molecule has 0 fully saturated rings. The highest BCUT2D eigenvalue weighted by molar-refractivity contribution is 7.92. The van der Waals surface area contributed by atoms with Gasteiger partial charge in [-0.2, -0.15) is 5.10 Å². The second-order valence-corrected chi connectivity index (χ2v) is 9.23. The fraction of sp³-hybridized carbons (Fsp3) is 0.136. The molecule has 1 N–H and O–H groups in total. The average Bonchev–Trinajstić information content (AvgIpc) is 3.03. The summed E-state index contributed by atoms with van der Waals surface area (Å²) >= 11 is 5.82. The lowest BCUT2D eigenvalue weighted by atomic mass is 10.2. The van der Waals surface area contributed by atoms with E-state index in [2.05, 4.69) is 19.8 Å². The second-order valence-electron chi connectivity index (χ2n) is 7.11. The fourth-order valence-corrected chi connectivity index (χ4v) is 4.17. The molecule has 0 radical (unpaired) electrons. The monoisotopic (exact) mass is 469 g/mol. The van der Waals surface area contributed by atoms with Crippen molar-refractivity contribution < 1.29 is 13.2 Å². The zero-order chi connectivity index (χ0) is 22.9. The molecule has 0 aliphatic heterocycles. The van der Waals surface area contributed by atoms with Crippen molar-refractivity contribution in [1.29, 1.82) is 0 Å². The number of halogens is 1. The van der Waals surface area contributed by atoms with Gasteiger partial charge in [-0.3, -0.25) is 4.72 Å². The first-order valence-corrected chi connectivity index (χ1v) is 11.5. The number of anilines is 1. The van der Waals surface area contributed by atoms with Crippen molar-refractivity contribution in [1.82, 2.24) is 19.7 Å². The molecular formula is C22H20ClN5O3S. The van der Waals surface area contributed by atoms with Crippen LogP contribution in [0.2, 0.25) is 5.02 Å². The van der Waals surface area contributed by atoms with Crippen molar-refractivity contribution in [3.05, 3.63) is 82.9 Å². The van der Waals surface area contributed by atoms with Crippen molar-refractivity contribution in [3.63, 3.8) is 0 Å². The number of hydrogen-bond acceptors (Lipinski definition) is 6. The molecule has 2 aromatic carbocycles. The Morgan fingerprint density at radius 3 is 2.28 bits per heavy atom. The summed E-state index contributed by atoms with van der Waals surface area (Å²) in [5.41, 5.74) is 3.42. The minimum atomic E-state index is -3.72. The number of aryl methyl sites for hydroxylation is 1. The van der Waals surface area contributed by atoms with E-state index in [1.807, 2.05) is 20.8 Å². The van der Waals surface area contributed by atoms with Gasteiger partial charge < -0.3 is 4.74 Å². The molecule has 2 aromatic heterocycles. The zero-order valence-electron chi connectivity index (χ0n) is 17.6. The predicted molar refractivity (Wildman–Crippen MR) is 122 cm³/mol. The van der Waals surface area contributed by atoms with Gasteiger partial charge in [-0.05, 0) is 74.9 Å². The van der Waals surface area contributed by atoms with Gasteiger partial charge in [-0.1, -0.05) is 11.6 Å². The molecule has 164 valence electrons. The Hall–Kier alpha value is -3.43. The number of hydrogen-bond donors (Lipinski definition) is 1. The topological polar surface area (TPSA) is 99.0 Å². The molecule has 0 atom stereocenters. The maximum atomic E-state index is 12.5. The molecule has 0 aliphatic rings. The van der Waals surface area contributed by atoms with Crippen LogP contribution in [0.5, 0.6) is 11.6 Å². The van der Waals surface area contributed by atoms with Crippen LogP contribution in [0.25, 0.3) is 5.82 Å². The lowest BCUT2D eigenvalue weighted by Gasteiger charge is -2.10. The van der Waals surface area contributed by atoms with Crippen LogP contribution in [0.3, 0.4) is 0 Å². The van der Waals surface area contributed by atoms with Gasteiger partial charge in [0.15, 0.2) is 5.82 Å². The minimum absolute atomic E-state index is 0.120. The first-order chi connectivity index (χ1) is 15.2. The normalized spacial score (nSPS) is 11.4. The van der Waals surface area contributed by atoms with E-state index in [1.54, 1.807) is 35.0 Å². The third-order valence-electron chi connectivity index (χ3n) is 4.95. The van der Waals surface area contributed by atoms with E-state index in [-0.39, 0.29) is 4.90 Å². The SMILES string of the molecule is Cc1nn(-c2cc(Oc3ccc(NS(=O)(=O)c4ccc(Cl)cc4)cc3)ncn2)c(C)c1C. The largest absolute Gasteiger partial charge is 0.439 e. The van der Waals surface area contributed by atoms with E-state index in [0.29, 0.717) is 28.2 Å². The number of benzene rings is 2. The Balaban J connectivity index is 1.49. The first kappa shape index (κ1) is 21.8. The van der Waals surface area contributed by atoms with E-state index in [0.717, 1.165) is 17.0 Å². The summed E-state index contributed by atoms with van der Waals surface area (Å²) in [5, 5.41) is 4.97. The fourth-order valence-electron chi connectivity index (χ4n) is 2.98. The summed E-state index contributed by atoms with van der Waals surface area (Å²) in [6, 6.07) is 14.1. The van der Waals surface area contributed by atoms with E-state index in [4.69, 9.17) is 16.3 Å². The van der Waals surface area contributed by atoms with Crippen molar-refractivity contribution in [2.24, 2.45) is 0 Å². The van der Waals surface area contributed by atoms with Crippen LogP contribution in [0.15, 0.2) is 65.8 Å². The van der Waals surface area contributed by atoms with E-state index in [1.165, 1.54) is 30.6 Å². The molecule has 0 saturated heterocycles. The molecule has 0 spiro atoms. The molecule has 0 amide bonds. The van der Waals surface area contributed by atoms with E-state index in [9.17, 15) is 8.42 Å². The molecule has 2 heterocycles. The van der Waals surface area contributed by atoms with Gasteiger partial charge >= 0.3 is 0 Å². The van der Waals surface area contributed by atoms with Gasteiger partial charge in [0.25, 0.3) is 10.0 Å². The Morgan fingerprint density at radius 2 is 1.66 bits per heavy atom. The summed E-state index contributed by atoms with van der Waals surface area (Å²) in [5.74, 6) is 1.43. The zero-order valence-corrected chi connectivity index (χ0v) is 19.1. The number of nitrogens with one attached hydrogen (secondary N) is 1. The summed E-state index contributed by atoms with van der Waals surface area (Å²) in [6.07, 6.45) is 1.41. The number of aromatic nitrogens is 4. The van der Waals surface area contributed by atoms with Crippen molar-refractivity contribution >= 4 is 27.3 Å². The quantitative estimate of drug-likeness (QED) is 0.434. The Kier molecular flexibility index (Phi) is 5.86. The van der Waals surface area contributed by atoms with Crippen LogP contribution < -0.4 is 9.46 Å². The highest BCUT2D eigenvalue weighted by Crippen LogP contribution is 2.25. The third kappa shape index (κ3) is 4.58. The standard InChI is InChI=1S/C22H20ClN5O3S/c1-14-15(2)26-28(16(14)3)21-12-22(25-13-24-21)31-19-8-6-18(7-9-19)27-32(29,30)20-10-4-17(23)5-11-20/h4-13,27H,1-3H3. The summed E-state index contributed by atoms with van der Waals surface area (Å²) in [4.78, 5) is 8.55. The lowest BCUT2D eigenvalue weighted by molar-refractivity contribution is 0.460. The van der Waals surface area contributed by atoms with Crippen LogP contribution in [0.1, 0.15) is 17.0 Å². The van der Waals surface area contributed by atoms with Crippen LogP contribution in [0.4, 0.5) is 5.69 Å². The molecule has 0 bridgehead atoms. The van der Waals surface area contributed by atoms with Crippen LogP contribution in [-0.2, 0) is 10.0 Å². The van der Waals surface area contributed by atoms with Gasteiger partial charge in [0.1, 0.15) is 12.1 Å². The molecule has 10 heteroatoms. The minimum Gasteiger partial charge on any atom is -0.439 e. The molecule has 8 nitrogen and oxygen atoms in total. The van der Waals surface area contributed by atoms with Crippen LogP contribution in [-0.4, -0.2) is 28.2 Å². The number of rotatable bonds is 6. The third-order valence-corrected chi connectivity index (χ3v) is 6.60. The Morgan fingerprint density at radius 1 is 0.969 bits per heavy atom. The molecular weight excluding hydrogens is 450 g/mol. The number of nitrogens with zero attached hydrogens (tertiary/aromatic N) is 4. The number of sulfonamides is 1. The highest BCUT2D eigenvalue weighted by atomic mass is 35.5. The van der Waals surface area contributed by atoms with Crippen molar-refractivity contribution in [3.8, 4) is 17.4 Å².